The Morgan fingerprint density at radius 1 is 0.274 bits per heavy atom. The molecule has 0 aliphatic carbocycles. The van der Waals surface area contributed by atoms with Crippen molar-refractivity contribution in [1.29, 1.82) is 0 Å². The van der Waals surface area contributed by atoms with Crippen LogP contribution in [0.3, 0.4) is 0 Å². The molecule has 0 saturated carbocycles. The topological polar surface area (TPSA) is 8.17 Å². The number of hydrogen-bond donors (Lipinski definition) is 0. The van der Waals surface area contributed by atoms with Crippen molar-refractivity contribution in [1.82, 2.24) is 4.57 Å². The Bertz CT molecular complexity index is 3560. The molecular weight excluding hydrogens is 749 g/mol. The third kappa shape index (κ3) is 6.04. The van der Waals surface area contributed by atoms with E-state index in [1.165, 1.54) is 76.4 Å². The summed E-state index contributed by atoms with van der Waals surface area (Å²) in [6, 6.07) is 88.6. The van der Waals surface area contributed by atoms with Crippen LogP contribution in [-0.4, -0.2) is 4.57 Å². The van der Waals surface area contributed by atoms with Crippen LogP contribution < -0.4 is 4.90 Å². The number of hydrogen-bond acceptors (Lipinski definition) is 1. The SMILES string of the molecule is c1ccc(-c2ccc(-c3ccc4ccccc4c3)cc2N(c2ccc(-c3cc4ccccc4c4ccccc34)cc2)c2ccc(-n3c4ccccc4c4ccccc43)cc2)cc1. The van der Waals surface area contributed by atoms with Crippen molar-refractivity contribution < 1.29 is 0 Å². The Kier molecular flexibility index (Phi) is 8.53. The minimum atomic E-state index is 1.08. The number of nitrogens with zero attached hydrogens (tertiary/aromatic N) is 2. The molecule has 1 aromatic heterocycles. The van der Waals surface area contributed by atoms with Crippen LogP contribution in [0, 0.1) is 0 Å². The van der Waals surface area contributed by atoms with Crippen molar-refractivity contribution >= 4 is 71.2 Å². The van der Waals surface area contributed by atoms with Gasteiger partial charge in [-0.2, -0.15) is 0 Å². The summed E-state index contributed by atoms with van der Waals surface area (Å²) in [5.41, 5.74) is 13.9. The van der Waals surface area contributed by atoms with Gasteiger partial charge >= 0.3 is 0 Å². The van der Waals surface area contributed by atoms with Crippen LogP contribution in [0.15, 0.2) is 243 Å². The van der Waals surface area contributed by atoms with Gasteiger partial charge in [-0.25, -0.2) is 0 Å². The molecule has 0 unspecified atom stereocenters. The second-order valence-electron chi connectivity index (χ2n) is 16.1. The molecule has 11 aromatic carbocycles. The number of anilines is 3. The van der Waals surface area contributed by atoms with Crippen LogP contribution in [0.5, 0.6) is 0 Å². The second kappa shape index (κ2) is 14.8. The fourth-order valence-electron chi connectivity index (χ4n) is 9.59. The van der Waals surface area contributed by atoms with Crippen molar-refractivity contribution in [3.8, 4) is 39.1 Å². The minimum Gasteiger partial charge on any atom is -0.310 e. The van der Waals surface area contributed by atoms with Crippen molar-refractivity contribution in [2.24, 2.45) is 0 Å². The zero-order chi connectivity index (χ0) is 41.0. The van der Waals surface area contributed by atoms with Gasteiger partial charge in [0, 0.05) is 33.4 Å². The summed E-state index contributed by atoms with van der Waals surface area (Å²) >= 11 is 0. The van der Waals surface area contributed by atoms with Crippen molar-refractivity contribution in [2.75, 3.05) is 4.90 Å². The van der Waals surface area contributed by atoms with Gasteiger partial charge in [0.25, 0.3) is 0 Å². The average molecular weight is 789 g/mol. The molecule has 0 radical (unpaired) electrons. The predicted octanol–water partition coefficient (Wildman–Crippen LogP) is 16.7. The third-order valence-electron chi connectivity index (χ3n) is 12.6. The highest BCUT2D eigenvalue weighted by atomic mass is 15.1. The van der Waals surface area contributed by atoms with E-state index in [1.807, 2.05) is 0 Å². The van der Waals surface area contributed by atoms with Crippen LogP contribution >= 0.6 is 0 Å². The lowest BCUT2D eigenvalue weighted by atomic mass is 9.93. The van der Waals surface area contributed by atoms with E-state index in [0.29, 0.717) is 0 Å². The first-order valence-electron chi connectivity index (χ1n) is 21.3. The highest BCUT2D eigenvalue weighted by molar-refractivity contribution is 6.14. The summed E-state index contributed by atoms with van der Waals surface area (Å²) in [4.78, 5) is 2.44. The average Bonchev–Trinajstić information content (AvgIpc) is 3.69. The summed E-state index contributed by atoms with van der Waals surface area (Å²) in [5.74, 6) is 0. The quantitative estimate of drug-likeness (QED) is 0.146. The summed E-state index contributed by atoms with van der Waals surface area (Å²) in [6.45, 7) is 0. The van der Waals surface area contributed by atoms with Crippen LogP contribution in [-0.2, 0) is 0 Å². The van der Waals surface area contributed by atoms with E-state index < -0.39 is 0 Å². The van der Waals surface area contributed by atoms with Gasteiger partial charge in [-0.15, -0.1) is 0 Å². The first kappa shape index (κ1) is 35.7. The largest absolute Gasteiger partial charge is 0.310 e. The highest BCUT2D eigenvalue weighted by Gasteiger charge is 2.20. The molecule has 0 fully saturated rings. The molecule has 0 saturated heterocycles. The molecule has 2 nitrogen and oxygen atoms in total. The smallest absolute Gasteiger partial charge is 0.0546 e. The molecule has 0 amide bonds. The predicted molar refractivity (Wildman–Crippen MR) is 264 cm³/mol. The summed E-state index contributed by atoms with van der Waals surface area (Å²) in [5, 5.41) is 10.0. The molecule has 0 aliphatic heterocycles. The first-order chi connectivity index (χ1) is 30.7. The summed E-state index contributed by atoms with van der Waals surface area (Å²) in [6.07, 6.45) is 0. The monoisotopic (exact) mass is 788 g/mol. The number of rotatable bonds is 7. The van der Waals surface area contributed by atoms with Gasteiger partial charge in [0.2, 0.25) is 0 Å². The molecule has 12 aromatic rings. The zero-order valence-electron chi connectivity index (χ0n) is 34.0. The van der Waals surface area contributed by atoms with Crippen molar-refractivity contribution in [3.05, 3.63) is 243 Å². The third-order valence-corrected chi connectivity index (χ3v) is 12.6. The maximum atomic E-state index is 2.44. The normalized spacial score (nSPS) is 11.5. The lowest BCUT2D eigenvalue weighted by molar-refractivity contribution is 1.17. The van der Waals surface area contributed by atoms with E-state index in [9.17, 15) is 0 Å². The molecule has 12 rings (SSSR count). The molecule has 1 heterocycles. The molecular formula is C60H40N2. The van der Waals surface area contributed by atoms with Gasteiger partial charge in [-0.1, -0.05) is 176 Å². The maximum absolute atomic E-state index is 2.44. The van der Waals surface area contributed by atoms with Crippen molar-refractivity contribution in [3.63, 3.8) is 0 Å². The lowest BCUT2D eigenvalue weighted by Crippen LogP contribution is -2.11. The summed E-state index contributed by atoms with van der Waals surface area (Å²) in [7, 11) is 0. The Labute approximate surface area is 360 Å². The minimum absolute atomic E-state index is 1.08. The molecule has 290 valence electrons. The van der Waals surface area contributed by atoms with Gasteiger partial charge in [0.05, 0.1) is 16.7 Å². The highest BCUT2D eigenvalue weighted by Crippen LogP contribution is 2.45. The van der Waals surface area contributed by atoms with E-state index >= 15 is 0 Å². The lowest BCUT2D eigenvalue weighted by Gasteiger charge is -2.29. The number of fused-ring (bicyclic) bond motifs is 7. The standard InChI is InChI=1S/C60H40N2/c1-2-15-42(16-3-1)52-37-30-46(45-27-26-41-14-4-5-17-44(41)38-45)40-60(52)61(49-33-35-50(36-34-49)62-58-24-12-10-22-55(58)56-23-11-13-25-59(56)62)48-31-28-43(29-32-48)57-39-47-18-6-7-19-51(47)53-20-8-9-21-54(53)57/h1-40H. The molecule has 0 aliphatic rings. The van der Waals surface area contributed by atoms with E-state index in [-0.39, 0.29) is 0 Å². The van der Waals surface area contributed by atoms with E-state index in [4.69, 9.17) is 0 Å². The van der Waals surface area contributed by atoms with Crippen LogP contribution in [0.25, 0.3) is 93.2 Å². The fraction of sp³-hybridized carbons (Fsp3) is 0. The van der Waals surface area contributed by atoms with E-state index in [2.05, 4.69) is 252 Å². The number of benzene rings is 11. The molecule has 2 heteroatoms. The van der Waals surface area contributed by atoms with Crippen LogP contribution in [0.1, 0.15) is 0 Å². The van der Waals surface area contributed by atoms with Gasteiger partial charge in [-0.3, -0.25) is 0 Å². The fourth-order valence-corrected chi connectivity index (χ4v) is 9.59. The first-order valence-corrected chi connectivity index (χ1v) is 21.3. The molecule has 0 atom stereocenters. The molecule has 62 heavy (non-hydrogen) atoms. The van der Waals surface area contributed by atoms with Gasteiger partial charge in [-0.05, 0) is 127 Å². The number of aromatic nitrogens is 1. The molecule has 0 N–H and O–H groups in total. The van der Waals surface area contributed by atoms with Gasteiger partial charge in [0.15, 0.2) is 0 Å². The maximum Gasteiger partial charge on any atom is 0.0546 e. The van der Waals surface area contributed by atoms with E-state index in [1.54, 1.807) is 0 Å². The Morgan fingerprint density at radius 2 is 0.774 bits per heavy atom. The Balaban J connectivity index is 1.06. The number of para-hydroxylation sites is 2. The van der Waals surface area contributed by atoms with Gasteiger partial charge < -0.3 is 9.47 Å². The Hall–Kier alpha value is -8.20. The Morgan fingerprint density at radius 3 is 1.48 bits per heavy atom. The van der Waals surface area contributed by atoms with Crippen LogP contribution in [0.2, 0.25) is 0 Å². The van der Waals surface area contributed by atoms with Crippen LogP contribution in [0.4, 0.5) is 17.1 Å². The van der Waals surface area contributed by atoms with Crippen molar-refractivity contribution in [2.45, 2.75) is 0 Å². The van der Waals surface area contributed by atoms with E-state index in [0.717, 1.165) is 33.9 Å². The van der Waals surface area contributed by atoms with Gasteiger partial charge in [0.1, 0.15) is 0 Å². The summed E-state index contributed by atoms with van der Waals surface area (Å²) < 4.78 is 2.39. The molecule has 0 bridgehead atoms. The second-order valence-corrected chi connectivity index (χ2v) is 16.1. The molecule has 0 spiro atoms. The zero-order valence-corrected chi connectivity index (χ0v) is 34.0.